The molecular formula is C26H37NO4. The summed E-state index contributed by atoms with van der Waals surface area (Å²) in [5.74, 6) is 1.93. The first kappa shape index (κ1) is 20.3. The molecule has 0 amide bonds. The standard InChI is InChI=1S/C26H37NO4/c1-5-6-18(28)17-15-24-11-12-26(17,30-4)23-25(24)13-14-27(2)20(24)10-8-16-7-9-19(29-3)22(31-23)21(16)25/h7,9,17-18,20,23,28H,5-6,8,10-15H2,1-4H3/t17-,18?,20-,23-,24-,25+,26+/m1/s1. The molecule has 2 spiro atoms. The van der Waals surface area contributed by atoms with Crippen molar-refractivity contribution in [2.75, 3.05) is 27.8 Å². The Morgan fingerprint density at radius 1 is 1.26 bits per heavy atom. The highest BCUT2D eigenvalue weighted by atomic mass is 16.6. The van der Waals surface area contributed by atoms with Gasteiger partial charge in [-0.25, -0.2) is 0 Å². The normalized spacial score (nSPS) is 43.2. The van der Waals surface area contributed by atoms with Crippen LogP contribution in [0.3, 0.4) is 0 Å². The average Bonchev–Trinajstić information content (AvgIpc) is 3.12. The highest BCUT2D eigenvalue weighted by Gasteiger charge is 2.80. The minimum Gasteiger partial charge on any atom is -0.493 e. The Labute approximate surface area is 186 Å². The quantitative estimate of drug-likeness (QED) is 0.777. The minimum atomic E-state index is -0.442. The maximum Gasteiger partial charge on any atom is 0.165 e. The lowest BCUT2D eigenvalue weighted by Gasteiger charge is -2.72. The van der Waals surface area contributed by atoms with E-state index in [2.05, 4.69) is 31.0 Å². The van der Waals surface area contributed by atoms with E-state index in [4.69, 9.17) is 14.2 Å². The highest BCUT2D eigenvalue weighted by molar-refractivity contribution is 5.62. The highest BCUT2D eigenvalue weighted by Crippen LogP contribution is 2.76. The largest absolute Gasteiger partial charge is 0.493 e. The van der Waals surface area contributed by atoms with Crippen LogP contribution in [0.2, 0.25) is 0 Å². The number of nitrogens with zero attached hydrogens (tertiary/aromatic N) is 1. The fourth-order valence-corrected chi connectivity index (χ4v) is 9.10. The monoisotopic (exact) mass is 427 g/mol. The lowest BCUT2D eigenvalue weighted by atomic mass is 9.36. The van der Waals surface area contributed by atoms with Crippen LogP contribution < -0.4 is 9.47 Å². The van der Waals surface area contributed by atoms with Gasteiger partial charge in [0, 0.05) is 35.5 Å². The first-order chi connectivity index (χ1) is 15.0. The number of rotatable bonds is 5. The molecule has 7 atom stereocenters. The van der Waals surface area contributed by atoms with Gasteiger partial charge in [0.15, 0.2) is 11.5 Å². The molecule has 5 heteroatoms. The zero-order valence-corrected chi connectivity index (χ0v) is 19.4. The Morgan fingerprint density at radius 2 is 2.10 bits per heavy atom. The Morgan fingerprint density at radius 3 is 2.84 bits per heavy atom. The van der Waals surface area contributed by atoms with E-state index in [9.17, 15) is 5.11 Å². The fraction of sp³-hybridized carbons (Fsp3) is 0.769. The molecule has 2 heterocycles. The molecule has 2 aliphatic heterocycles. The molecule has 6 aliphatic rings. The van der Waals surface area contributed by atoms with Crippen LogP contribution in [0.25, 0.3) is 0 Å². The molecule has 1 unspecified atom stereocenters. The van der Waals surface area contributed by atoms with Crippen LogP contribution in [0.15, 0.2) is 12.1 Å². The third-order valence-electron chi connectivity index (χ3n) is 10.2. The van der Waals surface area contributed by atoms with E-state index in [1.54, 1.807) is 7.11 Å². The van der Waals surface area contributed by atoms with E-state index < -0.39 is 5.60 Å². The third kappa shape index (κ3) is 2.14. The summed E-state index contributed by atoms with van der Waals surface area (Å²) in [4.78, 5) is 2.62. The molecule has 0 aromatic heterocycles. The number of aliphatic hydroxyl groups excluding tert-OH is 1. The topological polar surface area (TPSA) is 51.2 Å². The van der Waals surface area contributed by atoms with Gasteiger partial charge in [-0.2, -0.15) is 0 Å². The number of hydrogen-bond donors (Lipinski definition) is 1. The second-order valence-electron chi connectivity index (χ2n) is 10.9. The number of ether oxygens (including phenoxy) is 3. The van der Waals surface area contributed by atoms with Gasteiger partial charge >= 0.3 is 0 Å². The Bertz CT molecular complexity index is 904. The van der Waals surface area contributed by atoms with Crippen molar-refractivity contribution in [2.24, 2.45) is 11.3 Å². The van der Waals surface area contributed by atoms with Crippen molar-refractivity contribution in [3.63, 3.8) is 0 Å². The maximum atomic E-state index is 11.4. The van der Waals surface area contributed by atoms with E-state index in [1.165, 1.54) is 17.5 Å². The molecular weight excluding hydrogens is 390 g/mol. The first-order valence-corrected chi connectivity index (χ1v) is 12.3. The van der Waals surface area contributed by atoms with Gasteiger partial charge in [0.2, 0.25) is 0 Å². The predicted molar refractivity (Wildman–Crippen MR) is 119 cm³/mol. The van der Waals surface area contributed by atoms with E-state index in [0.29, 0.717) is 6.04 Å². The molecule has 1 aromatic rings. The van der Waals surface area contributed by atoms with Gasteiger partial charge in [-0.3, -0.25) is 0 Å². The van der Waals surface area contributed by atoms with Crippen molar-refractivity contribution < 1.29 is 19.3 Å². The first-order valence-electron chi connectivity index (χ1n) is 12.3. The molecule has 31 heavy (non-hydrogen) atoms. The lowest BCUT2D eigenvalue weighted by Crippen LogP contribution is -2.80. The maximum absolute atomic E-state index is 11.4. The fourth-order valence-electron chi connectivity index (χ4n) is 9.10. The molecule has 1 N–H and O–H groups in total. The van der Waals surface area contributed by atoms with Gasteiger partial charge < -0.3 is 24.2 Å². The molecule has 4 aliphatic carbocycles. The summed E-state index contributed by atoms with van der Waals surface area (Å²) < 4.78 is 19.3. The van der Waals surface area contributed by atoms with Crippen LogP contribution in [-0.4, -0.2) is 61.7 Å². The molecule has 4 bridgehead atoms. The van der Waals surface area contributed by atoms with E-state index in [-0.39, 0.29) is 29.0 Å². The molecule has 7 rings (SSSR count). The van der Waals surface area contributed by atoms with Crippen LogP contribution in [0.5, 0.6) is 11.5 Å². The Hall–Kier alpha value is -1.30. The number of benzene rings is 1. The van der Waals surface area contributed by atoms with Gasteiger partial charge in [-0.1, -0.05) is 19.4 Å². The van der Waals surface area contributed by atoms with Crippen molar-refractivity contribution >= 4 is 0 Å². The van der Waals surface area contributed by atoms with Gasteiger partial charge in [-0.05, 0) is 70.2 Å². The van der Waals surface area contributed by atoms with Crippen LogP contribution in [0.1, 0.15) is 63.0 Å². The molecule has 1 aromatic carbocycles. The smallest absolute Gasteiger partial charge is 0.165 e. The second-order valence-corrected chi connectivity index (χ2v) is 10.9. The van der Waals surface area contributed by atoms with Crippen LogP contribution in [-0.2, 0) is 16.6 Å². The van der Waals surface area contributed by atoms with Gasteiger partial charge in [0.05, 0.1) is 13.2 Å². The summed E-state index contributed by atoms with van der Waals surface area (Å²) in [5, 5.41) is 11.4. The molecule has 0 radical (unpaired) electrons. The SMILES string of the molecule is CCCC(O)[C@H]1C[C@@]23CC[C@@]1(OC)[C@@H]1Oc4c(OC)ccc5c4[C@@]12CCN(C)[C@@H]3CC5. The summed E-state index contributed by atoms with van der Waals surface area (Å²) in [7, 11) is 5.92. The van der Waals surface area contributed by atoms with Crippen LogP contribution in [0.4, 0.5) is 0 Å². The van der Waals surface area contributed by atoms with E-state index in [1.807, 2.05) is 7.11 Å². The number of fused-ring (bicyclic) bond motifs is 2. The van der Waals surface area contributed by atoms with E-state index in [0.717, 1.165) is 63.0 Å². The van der Waals surface area contributed by atoms with E-state index >= 15 is 0 Å². The summed E-state index contributed by atoms with van der Waals surface area (Å²) in [6.45, 7) is 3.25. The summed E-state index contributed by atoms with van der Waals surface area (Å²) in [6.07, 6.45) is 7.94. The number of piperidine rings is 1. The zero-order chi connectivity index (χ0) is 21.6. The molecule has 1 saturated heterocycles. The molecule has 4 fully saturated rings. The van der Waals surface area contributed by atoms with Crippen molar-refractivity contribution in [1.82, 2.24) is 4.90 Å². The van der Waals surface area contributed by atoms with Gasteiger partial charge in [0.25, 0.3) is 0 Å². The zero-order valence-electron chi connectivity index (χ0n) is 19.4. The third-order valence-corrected chi connectivity index (χ3v) is 10.2. The van der Waals surface area contributed by atoms with Crippen LogP contribution in [0, 0.1) is 11.3 Å². The second kappa shape index (κ2) is 6.61. The summed E-state index contributed by atoms with van der Waals surface area (Å²) >= 11 is 0. The number of likely N-dealkylation sites (tertiary alicyclic amines) is 1. The van der Waals surface area contributed by atoms with Gasteiger partial charge in [-0.15, -0.1) is 0 Å². The van der Waals surface area contributed by atoms with Crippen molar-refractivity contribution in [2.45, 2.75) is 87.6 Å². The number of hydrogen-bond acceptors (Lipinski definition) is 5. The van der Waals surface area contributed by atoms with Crippen molar-refractivity contribution in [1.29, 1.82) is 0 Å². The average molecular weight is 428 g/mol. The number of aliphatic hydroxyl groups is 1. The minimum absolute atomic E-state index is 0.0451. The molecule has 170 valence electrons. The molecule has 3 saturated carbocycles. The van der Waals surface area contributed by atoms with Crippen LogP contribution >= 0.6 is 0 Å². The predicted octanol–water partition coefficient (Wildman–Crippen LogP) is 3.69. The Kier molecular flexibility index (Phi) is 4.34. The Balaban J connectivity index is 1.64. The summed E-state index contributed by atoms with van der Waals surface area (Å²) in [6, 6.07) is 4.90. The van der Waals surface area contributed by atoms with Gasteiger partial charge in [0.1, 0.15) is 11.7 Å². The number of aryl methyl sites for hydroxylation is 1. The molecule has 5 nitrogen and oxygen atoms in total. The lowest BCUT2D eigenvalue weighted by molar-refractivity contribution is -0.286. The summed E-state index contributed by atoms with van der Waals surface area (Å²) in [5.41, 5.74) is 2.50. The van der Waals surface area contributed by atoms with Crippen molar-refractivity contribution in [3.05, 3.63) is 23.3 Å². The van der Waals surface area contributed by atoms with Crippen molar-refractivity contribution in [3.8, 4) is 11.5 Å². The number of methoxy groups -OCH3 is 2.